The first-order valence-corrected chi connectivity index (χ1v) is 8.24. The monoisotopic (exact) mass is 377 g/mol. The first-order valence-electron chi connectivity index (χ1n) is 7.45. The first kappa shape index (κ1) is 17.5. The fraction of sp³-hybridized carbons (Fsp3) is 0.278. The van der Waals surface area contributed by atoms with E-state index in [1.807, 2.05) is 43.3 Å². The summed E-state index contributed by atoms with van der Waals surface area (Å²) in [5, 5.41) is 12.4. The molecule has 0 bridgehead atoms. The van der Waals surface area contributed by atoms with Crippen LogP contribution in [0.4, 0.5) is 5.69 Å². The van der Waals surface area contributed by atoms with E-state index in [0.29, 0.717) is 12.1 Å². The number of ether oxygens (including phenoxy) is 1. The van der Waals surface area contributed by atoms with Crippen LogP contribution in [-0.2, 0) is 18.0 Å². The second-order valence-corrected chi connectivity index (χ2v) is 6.08. The Hall–Kier alpha value is -1.85. The van der Waals surface area contributed by atoms with Crippen LogP contribution < -0.4 is 10.1 Å². The van der Waals surface area contributed by atoms with E-state index in [-0.39, 0.29) is 19.1 Å². The van der Waals surface area contributed by atoms with Gasteiger partial charge in [-0.2, -0.15) is 0 Å². The van der Waals surface area contributed by atoms with Gasteiger partial charge in [0.1, 0.15) is 12.4 Å². The van der Waals surface area contributed by atoms with Crippen LogP contribution in [0.25, 0.3) is 0 Å². The molecule has 0 aromatic heterocycles. The highest BCUT2D eigenvalue weighted by atomic mass is 79.9. The standard InChI is InChI=1S/C18H20BrNO3/c1-3-18(22)20-16-6-4-5-13(10-21)14(16)11-23-17-8-7-12(2)9-15(17)19/h4-9,21H,3,10-11H2,1-2H3,(H,20,22). The molecule has 2 aromatic carbocycles. The maximum absolute atomic E-state index is 11.7. The zero-order valence-electron chi connectivity index (χ0n) is 13.2. The molecule has 0 fully saturated rings. The molecular weight excluding hydrogens is 358 g/mol. The number of rotatable bonds is 6. The van der Waals surface area contributed by atoms with Crippen LogP contribution in [0.15, 0.2) is 40.9 Å². The van der Waals surface area contributed by atoms with E-state index in [9.17, 15) is 9.90 Å². The normalized spacial score (nSPS) is 10.4. The number of benzene rings is 2. The Balaban J connectivity index is 2.24. The molecule has 0 saturated heterocycles. The molecule has 2 rings (SSSR count). The highest BCUT2D eigenvalue weighted by Crippen LogP contribution is 2.28. The van der Waals surface area contributed by atoms with Crippen molar-refractivity contribution in [3.8, 4) is 5.75 Å². The lowest BCUT2D eigenvalue weighted by Crippen LogP contribution is -2.13. The number of halogens is 1. The van der Waals surface area contributed by atoms with Gasteiger partial charge in [-0.3, -0.25) is 4.79 Å². The molecule has 2 N–H and O–H groups in total. The van der Waals surface area contributed by atoms with Crippen LogP contribution in [0.5, 0.6) is 5.75 Å². The zero-order valence-corrected chi connectivity index (χ0v) is 14.8. The first-order chi connectivity index (χ1) is 11.0. The van der Waals surface area contributed by atoms with Crippen molar-refractivity contribution in [2.45, 2.75) is 33.5 Å². The Kier molecular flexibility index (Phi) is 6.19. The second kappa shape index (κ2) is 8.13. The van der Waals surface area contributed by atoms with Gasteiger partial charge in [-0.1, -0.05) is 25.1 Å². The van der Waals surface area contributed by atoms with Crippen LogP contribution >= 0.6 is 15.9 Å². The summed E-state index contributed by atoms with van der Waals surface area (Å²) in [5.41, 5.74) is 3.33. The Morgan fingerprint density at radius 2 is 2.09 bits per heavy atom. The maximum Gasteiger partial charge on any atom is 0.224 e. The van der Waals surface area contributed by atoms with Crippen molar-refractivity contribution in [2.24, 2.45) is 0 Å². The van der Waals surface area contributed by atoms with Crippen molar-refractivity contribution in [3.05, 3.63) is 57.6 Å². The highest BCUT2D eigenvalue weighted by molar-refractivity contribution is 9.10. The van der Waals surface area contributed by atoms with Crippen molar-refractivity contribution in [2.75, 3.05) is 5.32 Å². The highest BCUT2D eigenvalue weighted by Gasteiger charge is 2.12. The number of carbonyl (C=O) groups excluding carboxylic acids is 1. The van der Waals surface area contributed by atoms with Crippen LogP contribution in [0.1, 0.15) is 30.0 Å². The number of nitrogens with one attached hydrogen (secondary N) is 1. The van der Waals surface area contributed by atoms with Crippen molar-refractivity contribution >= 4 is 27.5 Å². The molecule has 0 spiro atoms. The molecule has 0 saturated carbocycles. The van der Waals surface area contributed by atoms with Crippen LogP contribution in [-0.4, -0.2) is 11.0 Å². The van der Waals surface area contributed by atoms with Gasteiger partial charge in [0.15, 0.2) is 0 Å². The molecule has 0 aliphatic rings. The largest absolute Gasteiger partial charge is 0.488 e. The molecule has 0 aliphatic carbocycles. The molecule has 0 radical (unpaired) electrons. The van der Waals surface area contributed by atoms with Gasteiger partial charge in [0.25, 0.3) is 0 Å². The summed E-state index contributed by atoms with van der Waals surface area (Å²) in [6, 6.07) is 11.3. The smallest absolute Gasteiger partial charge is 0.224 e. The van der Waals surface area contributed by atoms with E-state index in [1.165, 1.54) is 0 Å². The van der Waals surface area contributed by atoms with E-state index in [1.54, 1.807) is 6.92 Å². The van der Waals surface area contributed by atoms with Gasteiger partial charge in [-0.15, -0.1) is 0 Å². The van der Waals surface area contributed by atoms with E-state index in [2.05, 4.69) is 21.2 Å². The lowest BCUT2D eigenvalue weighted by molar-refractivity contribution is -0.115. The summed E-state index contributed by atoms with van der Waals surface area (Å²) in [5.74, 6) is 0.647. The Labute approximate surface area is 144 Å². The number of aryl methyl sites for hydroxylation is 1. The third kappa shape index (κ3) is 4.56. The molecule has 122 valence electrons. The van der Waals surface area contributed by atoms with Gasteiger partial charge >= 0.3 is 0 Å². The molecule has 5 heteroatoms. The van der Waals surface area contributed by atoms with Crippen molar-refractivity contribution in [1.82, 2.24) is 0 Å². The minimum Gasteiger partial charge on any atom is -0.488 e. The third-order valence-electron chi connectivity index (χ3n) is 3.50. The molecule has 0 unspecified atom stereocenters. The van der Waals surface area contributed by atoms with Gasteiger partial charge in [-0.05, 0) is 52.2 Å². The Morgan fingerprint density at radius 1 is 1.30 bits per heavy atom. The van der Waals surface area contributed by atoms with E-state index >= 15 is 0 Å². The van der Waals surface area contributed by atoms with Crippen molar-refractivity contribution < 1.29 is 14.6 Å². The summed E-state index contributed by atoms with van der Waals surface area (Å²) in [7, 11) is 0. The lowest BCUT2D eigenvalue weighted by Gasteiger charge is -2.16. The minimum atomic E-state index is -0.108. The predicted molar refractivity (Wildman–Crippen MR) is 94.5 cm³/mol. The van der Waals surface area contributed by atoms with Gasteiger partial charge < -0.3 is 15.2 Å². The van der Waals surface area contributed by atoms with E-state index in [0.717, 1.165) is 26.9 Å². The predicted octanol–water partition coefficient (Wildman–Crippen LogP) is 4.18. The second-order valence-electron chi connectivity index (χ2n) is 5.23. The number of hydrogen-bond acceptors (Lipinski definition) is 3. The summed E-state index contributed by atoms with van der Waals surface area (Å²) in [4.78, 5) is 11.7. The third-order valence-corrected chi connectivity index (χ3v) is 4.12. The van der Waals surface area contributed by atoms with Crippen LogP contribution in [0, 0.1) is 6.92 Å². The SMILES string of the molecule is CCC(=O)Nc1cccc(CO)c1COc1ccc(C)cc1Br. The van der Waals surface area contributed by atoms with E-state index < -0.39 is 0 Å². The number of carbonyl (C=O) groups is 1. The minimum absolute atomic E-state index is 0.0714. The Morgan fingerprint density at radius 3 is 2.74 bits per heavy atom. The summed E-state index contributed by atoms with van der Waals surface area (Å²) in [6.45, 7) is 3.96. The molecule has 23 heavy (non-hydrogen) atoms. The number of anilines is 1. The quantitative estimate of drug-likeness (QED) is 0.793. The van der Waals surface area contributed by atoms with Crippen LogP contribution in [0.2, 0.25) is 0 Å². The average molecular weight is 378 g/mol. The zero-order chi connectivity index (χ0) is 16.8. The van der Waals surface area contributed by atoms with Crippen molar-refractivity contribution in [3.63, 3.8) is 0 Å². The summed E-state index contributed by atoms with van der Waals surface area (Å²) in [6.07, 6.45) is 0.396. The number of aliphatic hydroxyl groups is 1. The van der Waals surface area contributed by atoms with Crippen LogP contribution in [0.3, 0.4) is 0 Å². The Bertz CT molecular complexity index is 701. The molecule has 1 amide bonds. The lowest BCUT2D eigenvalue weighted by atomic mass is 10.1. The summed E-state index contributed by atoms with van der Waals surface area (Å²) < 4.78 is 6.74. The van der Waals surface area contributed by atoms with Gasteiger partial charge in [0.2, 0.25) is 5.91 Å². The molecular formula is C18H20BrNO3. The number of hydrogen-bond donors (Lipinski definition) is 2. The maximum atomic E-state index is 11.7. The molecule has 2 aromatic rings. The van der Waals surface area contributed by atoms with Crippen molar-refractivity contribution in [1.29, 1.82) is 0 Å². The molecule has 4 nitrogen and oxygen atoms in total. The molecule has 0 heterocycles. The summed E-state index contributed by atoms with van der Waals surface area (Å²) >= 11 is 3.48. The topological polar surface area (TPSA) is 58.6 Å². The fourth-order valence-corrected chi connectivity index (χ4v) is 2.79. The average Bonchev–Trinajstić information content (AvgIpc) is 2.54. The van der Waals surface area contributed by atoms with Gasteiger partial charge in [0.05, 0.1) is 11.1 Å². The molecule has 0 atom stereocenters. The molecule has 0 aliphatic heterocycles. The number of aliphatic hydroxyl groups excluding tert-OH is 1. The number of amides is 1. The fourth-order valence-electron chi connectivity index (χ4n) is 2.18. The van der Waals surface area contributed by atoms with Gasteiger partial charge in [0, 0.05) is 17.7 Å². The van der Waals surface area contributed by atoms with E-state index in [4.69, 9.17) is 4.74 Å². The van der Waals surface area contributed by atoms with Gasteiger partial charge in [-0.25, -0.2) is 0 Å².